The van der Waals surface area contributed by atoms with E-state index >= 15 is 0 Å². The Labute approximate surface area is 180 Å². The fourth-order valence-electron chi connectivity index (χ4n) is 2.66. The second-order valence-corrected chi connectivity index (χ2v) is 8.53. The van der Waals surface area contributed by atoms with Crippen LogP contribution in [0.25, 0.3) is 11.3 Å². The van der Waals surface area contributed by atoms with Gasteiger partial charge in [-0.1, -0.05) is 17.7 Å². The molecule has 0 saturated carbocycles. The van der Waals surface area contributed by atoms with E-state index in [4.69, 9.17) is 16.3 Å². The molecule has 4 aromatic rings. The smallest absolute Gasteiger partial charge is 0.267 e. The molecule has 6 nitrogen and oxygen atoms in total. The third kappa shape index (κ3) is 4.50. The molecule has 9 heteroatoms. The largest absolute Gasteiger partial charge is 0.489 e. The third-order valence-corrected chi connectivity index (χ3v) is 6.29. The standard InChI is InChI=1S/C20H17ClN4O2S2/c1-12-16(8-22-25(12)2)17-11-29-20(23-17)24-19(26)18-6-13(10-28-18)9-27-15-5-3-4-14(21)7-15/h3-8,10-11H,9H2,1-2H3,(H,23,24,26). The Morgan fingerprint density at radius 1 is 1.28 bits per heavy atom. The van der Waals surface area contributed by atoms with Crippen molar-refractivity contribution in [1.82, 2.24) is 14.8 Å². The third-order valence-electron chi connectivity index (χ3n) is 4.31. The van der Waals surface area contributed by atoms with E-state index in [1.165, 1.54) is 22.7 Å². The number of aromatic nitrogens is 3. The SMILES string of the molecule is Cc1c(-c2csc(NC(=O)c3cc(COc4cccc(Cl)c4)cs3)n2)cnn1C. The zero-order chi connectivity index (χ0) is 20.4. The first-order chi connectivity index (χ1) is 14.0. The zero-order valence-corrected chi connectivity index (χ0v) is 18.1. The predicted octanol–water partition coefficient (Wildman–Crippen LogP) is 5.40. The molecule has 0 aliphatic rings. The van der Waals surface area contributed by atoms with Gasteiger partial charge < -0.3 is 4.74 Å². The number of thiophene rings is 1. The summed E-state index contributed by atoms with van der Waals surface area (Å²) in [6.45, 7) is 2.35. The van der Waals surface area contributed by atoms with Crippen molar-refractivity contribution < 1.29 is 9.53 Å². The summed E-state index contributed by atoms with van der Waals surface area (Å²) in [5.74, 6) is 0.503. The molecule has 0 spiro atoms. The molecule has 0 fully saturated rings. The van der Waals surface area contributed by atoms with E-state index in [0.717, 1.165) is 22.5 Å². The minimum Gasteiger partial charge on any atom is -0.489 e. The molecular formula is C20H17ClN4O2S2. The van der Waals surface area contributed by atoms with Crippen LogP contribution in [-0.2, 0) is 13.7 Å². The first-order valence-corrected chi connectivity index (χ1v) is 10.8. The molecule has 148 valence electrons. The van der Waals surface area contributed by atoms with Crippen molar-refractivity contribution in [2.45, 2.75) is 13.5 Å². The molecule has 0 atom stereocenters. The average Bonchev–Trinajstić information content (AvgIpc) is 3.42. The summed E-state index contributed by atoms with van der Waals surface area (Å²) in [6.07, 6.45) is 1.78. The van der Waals surface area contributed by atoms with E-state index in [-0.39, 0.29) is 5.91 Å². The Hall–Kier alpha value is -2.68. The van der Waals surface area contributed by atoms with Gasteiger partial charge in [-0.3, -0.25) is 14.8 Å². The van der Waals surface area contributed by atoms with E-state index in [2.05, 4.69) is 15.4 Å². The minimum absolute atomic E-state index is 0.187. The molecule has 3 aromatic heterocycles. The fourth-order valence-corrected chi connectivity index (χ4v) is 4.34. The maximum absolute atomic E-state index is 12.6. The predicted molar refractivity (Wildman–Crippen MR) is 117 cm³/mol. The Morgan fingerprint density at radius 3 is 2.90 bits per heavy atom. The summed E-state index contributed by atoms with van der Waals surface area (Å²) in [5, 5.41) is 12.1. The molecule has 0 saturated heterocycles. The average molecular weight is 445 g/mol. The van der Waals surface area contributed by atoms with Crippen LogP contribution < -0.4 is 10.1 Å². The number of ether oxygens (including phenoxy) is 1. The van der Waals surface area contributed by atoms with Crippen LogP contribution in [-0.4, -0.2) is 20.7 Å². The number of rotatable bonds is 6. The van der Waals surface area contributed by atoms with Crippen molar-refractivity contribution in [2.75, 3.05) is 5.32 Å². The van der Waals surface area contributed by atoms with Gasteiger partial charge in [-0.25, -0.2) is 4.98 Å². The van der Waals surface area contributed by atoms with Crippen LogP contribution in [0.2, 0.25) is 5.02 Å². The lowest BCUT2D eigenvalue weighted by Gasteiger charge is -2.04. The van der Waals surface area contributed by atoms with Crippen LogP contribution in [0.15, 0.2) is 47.3 Å². The van der Waals surface area contributed by atoms with Gasteiger partial charge in [0, 0.05) is 34.3 Å². The van der Waals surface area contributed by atoms with Gasteiger partial charge in [-0.2, -0.15) is 5.10 Å². The topological polar surface area (TPSA) is 69.0 Å². The fraction of sp³-hybridized carbons (Fsp3) is 0.150. The number of hydrogen-bond acceptors (Lipinski definition) is 6. The molecule has 0 unspecified atom stereocenters. The Bertz CT molecular complexity index is 1160. The van der Waals surface area contributed by atoms with Gasteiger partial charge in [-0.05, 0) is 36.6 Å². The minimum atomic E-state index is -0.187. The number of carbonyl (C=O) groups is 1. The van der Waals surface area contributed by atoms with Gasteiger partial charge in [-0.15, -0.1) is 22.7 Å². The molecule has 0 aliphatic carbocycles. The van der Waals surface area contributed by atoms with Gasteiger partial charge in [0.15, 0.2) is 5.13 Å². The van der Waals surface area contributed by atoms with E-state index in [1.54, 1.807) is 23.0 Å². The zero-order valence-electron chi connectivity index (χ0n) is 15.7. The van der Waals surface area contributed by atoms with Crippen LogP contribution in [0.3, 0.4) is 0 Å². The highest BCUT2D eigenvalue weighted by Crippen LogP contribution is 2.28. The van der Waals surface area contributed by atoms with Crippen LogP contribution in [0.4, 0.5) is 5.13 Å². The van der Waals surface area contributed by atoms with Crippen molar-refractivity contribution in [1.29, 1.82) is 0 Å². The Kier molecular flexibility index (Phi) is 5.66. The van der Waals surface area contributed by atoms with E-state index in [0.29, 0.717) is 27.4 Å². The second kappa shape index (κ2) is 8.36. The van der Waals surface area contributed by atoms with Crippen molar-refractivity contribution in [2.24, 2.45) is 7.05 Å². The Balaban J connectivity index is 1.39. The number of anilines is 1. The number of halogens is 1. The highest BCUT2D eigenvalue weighted by molar-refractivity contribution is 7.14. The lowest BCUT2D eigenvalue weighted by atomic mass is 10.2. The van der Waals surface area contributed by atoms with Gasteiger partial charge in [0.1, 0.15) is 12.4 Å². The Morgan fingerprint density at radius 2 is 2.14 bits per heavy atom. The molecular weight excluding hydrogens is 428 g/mol. The number of hydrogen-bond donors (Lipinski definition) is 1. The quantitative estimate of drug-likeness (QED) is 0.432. The van der Waals surface area contributed by atoms with Crippen LogP contribution >= 0.6 is 34.3 Å². The highest BCUT2D eigenvalue weighted by Gasteiger charge is 2.14. The molecule has 4 rings (SSSR count). The number of nitrogens with one attached hydrogen (secondary N) is 1. The molecule has 0 radical (unpaired) electrons. The molecule has 1 aromatic carbocycles. The first-order valence-electron chi connectivity index (χ1n) is 8.71. The first kappa shape index (κ1) is 19.6. The van der Waals surface area contributed by atoms with Gasteiger partial charge >= 0.3 is 0 Å². The summed E-state index contributed by atoms with van der Waals surface area (Å²) in [5.41, 5.74) is 3.71. The van der Waals surface area contributed by atoms with Gasteiger partial charge in [0.2, 0.25) is 0 Å². The molecule has 29 heavy (non-hydrogen) atoms. The molecule has 3 heterocycles. The van der Waals surface area contributed by atoms with Gasteiger partial charge in [0.25, 0.3) is 5.91 Å². The van der Waals surface area contributed by atoms with Crippen LogP contribution in [0.1, 0.15) is 20.9 Å². The van der Waals surface area contributed by atoms with Crippen LogP contribution in [0.5, 0.6) is 5.75 Å². The summed E-state index contributed by atoms with van der Waals surface area (Å²) < 4.78 is 7.52. The number of nitrogens with zero attached hydrogens (tertiary/aromatic N) is 3. The van der Waals surface area contributed by atoms with E-state index in [9.17, 15) is 4.79 Å². The summed E-state index contributed by atoms with van der Waals surface area (Å²) >= 11 is 8.72. The molecule has 1 amide bonds. The van der Waals surface area contributed by atoms with Crippen LogP contribution in [0, 0.1) is 6.92 Å². The lowest BCUT2D eigenvalue weighted by molar-refractivity contribution is 0.103. The number of benzene rings is 1. The lowest BCUT2D eigenvalue weighted by Crippen LogP contribution is -2.09. The summed E-state index contributed by atoms with van der Waals surface area (Å²) in [7, 11) is 1.89. The van der Waals surface area contributed by atoms with E-state index < -0.39 is 0 Å². The summed E-state index contributed by atoms with van der Waals surface area (Å²) in [4.78, 5) is 17.7. The monoisotopic (exact) mass is 444 g/mol. The van der Waals surface area contributed by atoms with Crippen molar-refractivity contribution in [3.05, 3.63) is 68.4 Å². The van der Waals surface area contributed by atoms with Gasteiger partial charge in [0.05, 0.1) is 16.8 Å². The number of aryl methyl sites for hydroxylation is 1. The molecule has 0 aliphatic heterocycles. The summed E-state index contributed by atoms with van der Waals surface area (Å²) in [6, 6.07) is 9.05. The molecule has 1 N–H and O–H groups in total. The second-order valence-electron chi connectivity index (χ2n) is 6.32. The number of carbonyl (C=O) groups excluding carboxylic acids is 1. The van der Waals surface area contributed by atoms with Crippen molar-refractivity contribution in [3.8, 4) is 17.0 Å². The number of thiazole rings is 1. The van der Waals surface area contributed by atoms with Crippen molar-refractivity contribution in [3.63, 3.8) is 0 Å². The highest BCUT2D eigenvalue weighted by atomic mass is 35.5. The maximum atomic E-state index is 12.6. The molecule has 0 bridgehead atoms. The van der Waals surface area contributed by atoms with Crippen molar-refractivity contribution >= 4 is 45.3 Å². The number of amides is 1. The maximum Gasteiger partial charge on any atom is 0.267 e. The normalized spacial score (nSPS) is 10.9. The van der Waals surface area contributed by atoms with E-state index in [1.807, 2.05) is 42.9 Å².